The molecule has 1 fully saturated rings. The summed E-state index contributed by atoms with van der Waals surface area (Å²) in [5, 5.41) is 4.11. The van der Waals surface area contributed by atoms with E-state index >= 15 is 0 Å². The van der Waals surface area contributed by atoms with Crippen LogP contribution in [0, 0.1) is 12.7 Å². The molecule has 0 amide bonds. The van der Waals surface area contributed by atoms with Crippen LogP contribution in [0.25, 0.3) is 10.9 Å². The van der Waals surface area contributed by atoms with Crippen molar-refractivity contribution in [1.82, 2.24) is 9.97 Å². The Morgan fingerprint density at radius 2 is 2.00 bits per heavy atom. The Labute approximate surface area is 176 Å². The van der Waals surface area contributed by atoms with Crippen LogP contribution in [-0.2, 0) is 9.71 Å². The molecule has 30 heavy (non-hydrogen) atoms. The minimum atomic E-state index is -2.41. The van der Waals surface area contributed by atoms with E-state index < -0.39 is 9.71 Å². The number of aryl methyl sites for hydroxylation is 1. The van der Waals surface area contributed by atoms with E-state index in [-0.39, 0.29) is 11.4 Å². The van der Waals surface area contributed by atoms with Crippen LogP contribution in [0.4, 0.5) is 21.6 Å². The highest BCUT2D eigenvalue weighted by atomic mass is 32.2. The predicted molar refractivity (Wildman–Crippen MR) is 122 cm³/mol. The number of fused-ring (bicyclic) bond motifs is 1. The van der Waals surface area contributed by atoms with Gasteiger partial charge in [0.15, 0.2) is 0 Å². The summed E-state index contributed by atoms with van der Waals surface area (Å²) in [6.45, 7) is 3.97. The summed E-state index contributed by atoms with van der Waals surface area (Å²) in [6, 6.07) is 8.13. The molecular weight excluding hydrogens is 403 g/mol. The van der Waals surface area contributed by atoms with Gasteiger partial charge in [-0.05, 0) is 68.8 Å². The largest absolute Gasteiger partial charge is 0.485 e. The van der Waals surface area contributed by atoms with E-state index in [1.54, 1.807) is 12.1 Å². The maximum absolute atomic E-state index is 13.9. The summed E-state index contributed by atoms with van der Waals surface area (Å²) in [7, 11) is -2.41. The van der Waals surface area contributed by atoms with E-state index in [2.05, 4.69) is 25.9 Å². The molecule has 1 unspecified atom stereocenters. The number of ether oxygens (including phenoxy) is 1. The fourth-order valence-corrected chi connectivity index (χ4v) is 4.26. The van der Waals surface area contributed by atoms with Crippen molar-refractivity contribution >= 4 is 43.7 Å². The van der Waals surface area contributed by atoms with Crippen molar-refractivity contribution in [3.05, 3.63) is 48.0 Å². The van der Waals surface area contributed by atoms with Gasteiger partial charge in [0.2, 0.25) is 0 Å². The Bertz CT molecular complexity index is 1220. The van der Waals surface area contributed by atoms with Gasteiger partial charge in [-0.1, -0.05) is 0 Å². The smallest absolute Gasteiger partial charge is 0.146 e. The van der Waals surface area contributed by atoms with Gasteiger partial charge in [-0.2, -0.15) is 0 Å². The molecule has 2 aromatic carbocycles. The highest BCUT2D eigenvalue weighted by molar-refractivity contribution is 8.00. The van der Waals surface area contributed by atoms with E-state index in [9.17, 15) is 8.60 Å². The Morgan fingerprint density at radius 3 is 2.67 bits per heavy atom. The molecule has 158 valence electrons. The minimum Gasteiger partial charge on any atom is -0.485 e. The Hall–Kier alpha value is -2.87. The number of anilines is 3. The molecule has 4 rings (SSSR count). The molecule has 1 saturated carbocycles. The van der Waals surface area contributed by atoms with Gasteiger partial charge in [-0.25, -0.2) is 18.6 Å². The SMILES string of the molecule is C=S(C)(=O)Nc1cc(C)c2c(Nc3ccc(F)cc3OC3(C)CCC3)ncnc2c1. The number of benzene rings is 2. The van der Waals surface area contributed by atoms with Crippen molar-refractivity contribution in [3.63, 3.8) is 0 Å². The van der Waals surface area contributed by atoms with E-state index in [0.29, 0.717) is 28.5 Å². The highest BCUT2D eigenvalue weighted by Gasteiger charge is 2.34. The first kappa shape index (κ1) is 20.4. The fraction of sp³-hybridized carbons (Fsp3) is 0.318. The van der Waals surface area contributed by atoms with Gasteiger partial charge in [0.05, 0.1) is 11.2 Å². The lowest BCUT2D eigenvalue weighted by Gasteiger charge is -2.39. The molecule has 0 radical (unpaired) electrons. The lowest BCUT2D eigenvalue weighted by Crippen LogP contribution is -2.39. The first-order chi connectivity index (χ1) is 14.1. The summed E-state index contributed by atoms with van der Waals surface area (Å²) in [6.07, 6.45) is 6.00. The van der Waals surface area contributed by atoms with E-state index in [1.165, 1.54) is 24.7 Å². The second kappa shape index (κ2) is 7.43. The number of nitrogens with one attached hydrogen (secondary N) is 2. The zero-order valence-corrected chi connectivity index (χ0v) is 18.1. The van der Waals surface area contributed by atoms with E-state index in [1.807, 2.05) is 19.9 Å². The summed E-state index contributed by atoms with van der Waals surface area (Å²) in [5.41, 5.74) is 2.64. The van der Waals surface area contributed by atoms with Crippen LogP contribution in [0.15, 0.2) is 36.7 Å². The van der Waals surface area contributed by atoms with Crippen LogP contribution in [-0.4, -0.2) is 31.9 Å². The van der Waals surface area contributed by atoms with Gasteiger partial charge < -0.3 is 14.8 Å². The third kappa shape index (κ3) is 4.33. The summed E-state index contributed by atoms with van der Waals surface area (Å²) >= 11 is 0. The summed E-state index contributed by atoms with van der Waals surface area (Å²) in [5.74, 6) is 4.33. The fourth-order valence-electron chi connectivity index (χ4n) is 3.65. The zero-order valence-electron chi connectivity index (χ0n) is 17.3. The lowest BCUT2D eigenvalue weighted by molar-refractivity contribution is 0.0117. The third-order valence-electron chi connectivity index (χ3n) is 5.23. The van der Waals surface area contributed by atoms with Gasteiger partial charge >= 0.3 is 0 Å². The molecule has 0 bridgehead atoms. The van der Waals surface area contributed by atoms with Gasteiger partial charge in [0, 0.05) is 33.1 Å². The summed E-state index contributed by atoms with van der Waals surface area (Å²) < 4.78 is 35.0. The Kier molecular flexibility index (Phi) is 5.05. The van der Waals surface area contributed by atoms with Crippen molar-refractivity contribution in [3.8, 4) is 5.75 Å². The van der Waals surface area contributed by atoms with E-state index in [4.69, 9.17) is 4.74 Å². The topological polar surface area (TPSA) is 76.1 Å². The quantitative estimate of drug-likeness (QED) is 0.551. The number of aromatic nitrogens is 2. The van der Waals surface area contributed by atoms with Crippen molar-refractivity contribution < 1.29 is 13.3 Å². The number of hydrogen-bond acceptors (Lipinski definition) is 5. The van der Waals surface area contributed by atoms with Crippen molar-refractivity contribution in [2.75, 3.05) is 16.3 Å². The molecule has 0 aliphatic heterocycles. The number of hydrogen-bond donors (Lipinski definition) is 2. The van der Waals surface area contributed by atoms with E-state index in [0.717, 1.165) is 30.2 Å². The molecule has 1 aliphatic carbocycles. The third-order valence-corrected chi connectivity index (χ3v) is 5.90. The van der Waals surface area contributed by atoms with Crippen LogP contribution in [0.5, 0.6) is 5.75 Å². The second-order valence-electron chi connectivity index (χ2n) is 8.19. The summed E-state index contributed by atoms with van der Waals surface area (Å²) in [4.78, 5) is 8.76. The predicted octanol–water partition coefficient (Wildman–Crippen LogP) is 4.82. The molecule has 3 aromatic rings. The number of nitrogens with zero attached hydrogens (tertiary/aromatic N) is 2. The molecule has 6 nitrogen and oxygen atoms in total. The average molecular weight is 429 g/mol. The second-order valence-corrected chi connectivity index (χ2v) is 10.4. The molecule has 0 spiro atoms. The standard InChI is InChI=1S/C22H25FN4O2S/c1-14-10-16(27-30(3,4)28)12-18-20(14)21(25-13-24-18)26-17-7-6-15(23)11-19(17)29-22(2)8-5-9-22/h6-7,10-13H,3,5,8-9H2,1-2,4H3,(H,27,28)(H,24,25,26). The monoisotopic (exact) mass is 428 g/mol. The number of halogens is 1. The van der Waals surface area contributed by atoms with Crippen molar-refractivity contribution in [1.29, 1.82) is 0 Å². The Balaban J connectivity index is 1.73. The van der Waals surface area contributed by atoms with Crippen LogP contribution in [0.1, 0.15) is 31.7 Å². The zero-order chi connectivity index (χ0) is 21.5. The molecule has 1 aliphatic rings. The maximum atomic E-state index is 13.9. The normalized spacial score (nSPS) is 17.1. The van der Waals surface area contributed by atoms with Gasteiger partial charge in [-0.15, -0.1) is 0 Å². The lowest BCUT2D eigenvalue weighted by atomic mass is 9.82. The molecule has 0 saturated heterocycles. The minimum absolute atomic E-state index is 0.268. The Morgan fingerprint density at radius 1 is 1.23 bits per heavy atom. The molecule has 1 atom stereocenters. The maximum Gasteiger partial charge on any atom is 0.146 e. The van der Waals surface area contributed by atoms with Crippen LogP contribution >= 0.6 is 0 Å². The molecular formula is C22H25FN4O2S. The van der Waals surface area contributed by atoms with Crippen molar-refractivity contribution in [2.45, 2.75) is 38.7 Å². The molecule has 2 N–H and O–H groups in total. The van der Waals surface area contributed by atoms with Crippen LogP contribution < -0.4 is 14.8 Å². The highest BCUT2D eigenvalue weighted by Crippen LogP contribution is 2.40. The first-order valence-corrected chi connectivity index (χ1v) is 11.9. The molecule has 8 heteroatoms. The average Bonchev–Trinajstić information content (AvgIpc) is 2.61. The van der Waals surface area contributed by atoms with Gasteiger partial charge in [0.1, 0.15) is 29.3 Å². The molecule has 1 aromatic heterocycles. The molecule has 1 heterocycles. The van der Waals surface area contributed by atoms with Crippen molar-refractivity contribution in [2.24, 2.45) is 0 Å². The van der Waals surface area contributed by atoms with Gasteiger partial charge in [0.25, 0.3) is 0 Å². The number of rotatable bonds is 6. The van der Waals surface area contributed by atoms with Crippen LogP contribution in [0.3, 0.4) is 0 Å². The van der Waals surface area contributed by atoms with Gasteiger partial charge in [-0.3, -0.25) is 0 Å². The first-order valence-electron chi connectivity index (χ1n) is 9.73. The van der Waals surface area contributed by atoms with Crippen LogP contribution in [0.2, 0.25) is 0 Å².